The Morgan fingerprint density at radius 1 is 1.38 bits per heavy atom. The highest BCUT2D eigenvalue weighted by atomic mass is 16.2. The van der Waals surface area contributed by atoms with Crippen LogP contribution in [0.5, 0.6) is 0 Å². The molecule has 2 aromatic heterocycles. The lowest BCUT2D eigenvalue weighted by molar-refractivity contribution is 0.246. The SMILES string of the molecule is CCn1ncnc1[C@H](NC(=O)Nc1cccc(-c2ccn[nH]2)c1)C1CC1. The van der Waals surface area contributed by atoms with Gasteiger partial charge in [0.2, 0.25) is 0 Å². The summed E-state index contributed by atoms with van der Waals surface area (Å²) in [4.78, 5) is 16.9. The minimum absolute atomic E-state index is 0.117. The van der Waals surface area contributed by atoms with Crippen LogP contribution < -0.4 is 10.6 Å². The van der Waals surface area contributed by atoms with Crippen molar-refractivity contribution < 1.29 is 4.79 Å². The van der Waals surface area contributed by atoms with E-state index in [1.807, 2.05) is 41.9 Å². The van der Waals surface area contributed by atoms with E-state index >= 15 is 0 Å². The first-order valence-electron chi connectivity index (χ1n) is 8.79. The Kier molecular flexibility index (Phi) is 4.39. The molecular weight excluding hydrogens is 330 g/mol. The molecule has 2 heterocycles. The molecule has 1 aromatic carbocycles. The normalized spacial score (nSPS) is 14.8. The van der Waals surface area contributed by atoms with Crippen molar-refractivity contribution in [3.8, 4) is 11.3 Å². The fourth-order valence-corrected chi connectivity index (χ4v) is 3.07. The van der Waals surface area contributed by atoms with E-state index in [4.69, 9.17) is 0 Å². The van der Waals surface area contributed by atoms with Gasteiger partial charge in [-0.3, -0.25) is 5.10 Å². The standard InChI is InChI=1S/C18H21N7O/c1-2-25-17(19-11-21-25)16(12-6-7-12)23-18(26)22-14-5-3-4-13(10-14)15-8-9-20-24-15/h3-5,8-12,16H,2,6-7H2,1H3,(H,20,24)(H2,22,23,26)/t16-/m1/s1. The fraction of sp³-hybridized carbons (Fsp3) is 0.333. The summed E-state index contributed by atoms with van der Waals surface area (Å²) in [5.74, 6) is 1.24. The lowest BCUT2D eigenvalue weighted by atomic mass is 10.1. The van der Waals surface area contributed by atoms with E-state index in [0.717, 1.165) is 42.2 Å². The van der Waals surface area contributed by atoms with Crippen LogP contribution in [0.4, 0.5) is 10.5 Å². The molecule has 26 heavy (non-hydrogen) atoms. The number of carbonyl (C=O) groups is 1. The van der Waals surface area contributed by atoms with Crippen LogP contribution in [-0.2, 0) is 6.54 Å². The number of anilines is 1. The molecule has 8 heteroatoms. The Balaban J connectivity index is 1.47. The number of aromatic amines is 1. The molecule has 0 unspecified atom stereocenters. The van der Waals surface area contributed by atoms with Gasteiger partial charge >= 0.3 is 6.03 Å². The van der Waals surface area contributed by atoms with Gasteiger partial charge in [0.15, 0.2) is 0 Å². The molecule has 1 aliphatic carbocycles. The Morgan fingerprint density at radius 3 is 3.00 bits per heavy atom. The third kappa shape index (κ3) is 3.44. The van der Waals surface area contributed by atoms with Crippen LogP contribution >= 0.6 is 0 Å². The zero-order valence-electron chi connectivity index (χ0n) is 14.5. The van der Waals surface area contributed by atoms with E-state index < -0.39 is 0 Å². The molecule has 0 radical (unpaired) electrons. The molecule has 3 aromatic rings. The number of amides is 2. The van der Waals surface area contributed by atoms with Gasteiger partial charge in [0.25, 0.3) is 0 Å². The van der Waals surface area contributed by atoms with Crippen molar-refractivity contribution in [1.29, 1.82) is 0 Å². The number of benzene rings is 1. The van der Waals surface area contributed by atoms with Crippen LogP contribution in [0.2, 0.25) is 0 Å². The van der Waals surface area contributed by atoms with Crippen LogP contribution in [0.1, 0.15) is 31.6 Å². The molecule has 0 saturated heterocycles. The van der Waals surface area contributed by atoms with E-state index in [1.165, 1.54) is 0 Å². The first-order valence-corrected chi connectivity index (χ1v) is 8.79. The summed E-state index contributed by atoms with van der Waals surface area (Å²) in [6.07, 6.45) is 5.43. The van der Waals surface area contributed by atoms with Gasteiger partial charge in [-0.05, 0) is 43.9 Å². The molecule has 3 N–H and O–H groups in total. The molecule has 4 rings (SSSR count). The van der Waals surface area contributed by atoms with Crippen molar-refractivity contribution in [2.45, 2.75) is 32.4 Å². The zero-order valence-corrected chi connectivity index (χ0v) is 14.5. The van der Waals surface area contributed by atoms with Crippen LogP contribution in [0.25, 0.3) is 11.3 Å². The number of rotatable bonds is 6. The molecule has 1 saturated carbocycles. The molecule has 8 nitrogen and oxygen atoms in total. The first kappa shape index (κ1) is 16.3. The van der Waals surface area contributed by atoms with Crippen molar-refractivity contribution in [3.05, 3.63) is 48.7 Å². The number of nitrogens with one attached hydrogen (secondary N) is 3. The highest BCUT2D eigenvalue weighted by Gasteiger charge is 2.36. The monoisotopic (exact) mass is 351 g/mol. The third-order valence-corrected chi connectivity index (χ3v) is 4.54. The second kappa shape index (κ2) is 6.99. The predicted molar refractivity (Wildman–Crippen MR) is 97.3 cm³/mol. The second-order valence-electron chi connectivity index (χ2n) is 6.40. The molecule has 1 aliphatic rings. The number of hydrogen-bond acceptors (Lipinski definition) is 4. The molecule has 1 fully saturated rings. The van der Waals surface area contributed by atoms with Gasteiger partial charge in [0, 0.05) is 24.0 Å². The predicted octanol–water partition coefficient (Wildman–Crippen LogP) is 2.96. The van der Waals surface area contributed by atoms with Crippen LogP contribution in [-0.4, -0.2) is 31.0 Å². The Hall–Kier alpha value is -3.16. The summed E-state index contributed by atoms with van der Waals surface area (Å²) in [7, 11) is 0. The minimum Gasteiger partial charge on any atom is -0.328 e. The van der Waals surface area contributed by atoms with Crippen LogP contribution in [0.3, 0.4) is 0 Å². The van der Waals surface area contributed by atoms with Crippen molar-refractivity contribution in [1.82, 2.24) is 30.3 Å². The molecule has 2 amide bonds. The maximum absolute atomic E-state index is 12.5. The van der Waals surface area contributed by atoms with Gasteiger partial charge in [0.05, 0.1) is 11.7 Å². The van der Waals surface area contributed by atoms with Gasteiger partial charge in [-0.25, -0.2) is 14.5 Å². The third-order valence-electron chi connectivity index (χ3n) is 4.54. The summed E-state index contributed by atoms with van der Waals surface area (Å²) in [6.45, 7) is 2.75. The Labute approximate surface area is 151 Å². The maximum Gasteiger partial charge on any atom is 0.319 e. The smallest absolute Gasteiger partial charge is 0.319 e. The number of nitrogens with zero attached hydrogens (tertiary/aromatic N) is 4. The first-order chi connectivity index (χ1) is 12.7. The number of H-pyrrole nitrogens is 1. The second-order valence-corrected chi connectivity index (χ2v) is 6.40. The highest BCUT2D eigenvalue weighted by Crippen LogP contribution is 2.40. The number of carbonyl (C=O) groups excluding carboxylic acids is 1. The van der Waals surface area contributed by atoms with Crippen molar-refractivity contribution in [2.75, 3.05) is 5.32 Å². The van der Waals surface area contributed by atoms with E-state index in [1.54, 1.807) is 12.5 Å². The van der Waals surface area contributed by atoms with Gasteiger partial charge < -0.3 is 10.6 Å². The van der Waals surface area contributed by atoms with Crippen LogP contribution in [0.15, 0.2) is 42.9 Å². The van der Waals surface area contributed by atoms with E-state index in [9.17, 15) is 4.79 Å². The number of aryl methyl sites for hydroxylation is 1. The molecule has 1 atom stereocenters. The van der Waals surface area contributed by atoms with Gasteiger partial charge in [0.1, 0.15) is 12.2 Å². The minimum atomic E-state index is -0.241. The molecular formula is C18H21N7O. The van der Waals surface area contributed by atoms with Gasteiger partial charge in [-0.1, -0.05) is 12.1 Å². The van der Waals surface area contributed by atoms with E-state index in [2.05, 4.69) is 30.9 Å². The summed E-state index contributed by atoms with van der Waals surface area (Å²) in [5.41, 5.74) is 2.59. The average Bonchev–Trinajstić information content (AvgIpc) is 3.15. The maximum atomic E-state index is 12.5. The van der Waals surface area contributed by atoms with Crippen molar-refractivity contribution in [3.63, 3.8) is 0 Å². The topological polar surface area (TPSA) is 101 Å². The van der Waals surface area contributed by atoms with Gasteiger partial charge in [-0.2, -0.15) is 10.2 Å². The fourth-order valence-electron chi connectivity index (χ4n) is 3.07. The number of aromatic nitrogens is 5. The van der Waals surface area contributed by atoms with E-state index in [0.29, 0.717) is 5.92 Å². The quantitative estimate of drug-likeness (QED) is 0.635. The number of urea groups is 1. The summed E-state index contributed by atoms with van der Waals surface area (Å²) < 4.78 is 1.84. The average molecular weight is 351 g/mol. The molecule has 0 bridgehead atoms. The summed E-state index contributed by atoms with van der Waals surface area (Å²) in [5, 5.41) is 17.1. The zero-order chi connectivity index (χ0) is 17.9. The van der Waals surface area contributed by atoms with Gasteiger partial charge in [-0.15, -0.1) is 0 Å². The molecule has 134 valence electrons. The Bertz CT molecular complexity index is 883. The number of hydrogen-bond donors (Lipinski definition) is 3. The lowest BCUT2D eigenvalue weighted by Gasteiger charge is -2.18. The highest BCUT2D eigenvalue weighted by molar-refractivity contribution is 5.90. The summed E-state index contributed by atoms with van der Waals surface area (Å²) in [6, 6.07) is 9.17. The van der Waals surface area contributed by atoms with E-state index in [-0.39, 0.29) is 12.1 Å². The van der Waals surface area contributed by atoms with Crippen molar-refractivity contribution >= 4 is 11.7 Å². The Morgan fingerprint density at radius 2 is 2.27 bits per heavy atom. The molecule has 0 aliphatic heterocycles. The van der Waals surface area contributed by atoms with Crippen molar-refractivity contribution in [2.24, 2.45) is 5.92 Å². The lowest BCUT2D eigenvalue weighted by Crippen LogP contribution is -2.35. The van der Waals surface area contributed by atoms with Crippen LogP contribution in [0, 0.1) is 5.92 Å². The largest absolute Gasteiger partial charge is 0.328 e. The summed E-state index contributed by atoms with van der Waals surface area (Å²) >= 11 is 0. The molecule has 0 spiro atoms.